The van der Waals surface area contributed by atoms with Crippen LogP contribution in [0.3, 0.4) is 0 Å². The quantitative estimate of drug-likeness (QED) is 0.901. The van der Waals surface area contributed by atoms with E-state index in [9.17, 15) is 9.59 Å². The maximum Gasteiger partial charge on any atom is 0.253 e. The minimum Gasteiger partial charge on any atom is -0.376 e. The van der Waals surface area contributed by atoms with E-state index < -0.39 is 0 Å². The zero-order valence-electron chi connectivity index (χ0n) is 14.7. The van der Waals surface area contributed by atoms with Gasteiger partial charge in [-0.25, -0.2) is 0 Å². The van der Waals surface area contributed by atoms with Gasteiger partial charge in [0.25, 0.3) is 5.91 Å². The minimum atomic E-state index is 0.102. The highest BCUT2D eigenvalue weighted by Crippen LogP contribution is 2.24. The molecule has 1 fully saturated rings. The largest absolute Gasteiger partial charge is 0.376 e. The number of fused-ring (bicyclic) bond motifs is 1. The van der Waals surface area contributed by atoms with Gasteiger partial charge in [-0.05, 0) is 60.5 Å². The Hall–Kier alpha value is -2.34. The van der Waals surface area contributed by atoms with Crippen molar-refractivity contribution >= 4 is 28.8 Å². The molecule has 0 aliphatic carbocycles. The first kappa shape index (κ1) is 17.1. The summed E-state index contributed by atoms with van der Waals surface area (Å²) in [5.74, 6) is 0.212. The van der Waals surface area contributed by atoms with Crippen molar-refractivity contribution in [2.75, 3.05) is 31.5 Å². The molecule has 4 rings (SSSR count). The number of carbonyl (C=O) groups excluding carboxylic acids is 2. The molecule has 26 heavy (non-hydrogen) atoms. The molecule has 2 aliphatic rings. The number of nitrogens with one attached hydrogen (secondary N) is 1. The normalized spacial score (nSPS) is 16.5. The molecule has 0 spiro atoms. The average molecular weight is 369 g/mol. The molecule has 2 aliphatic heterocycles. The number of rotatable bonds is 4. The van der Waals surface area contributed by atoms with Crippen molar-refractivity contribution in [2.24, 2.45) is 0 Å². The minimum absolute atomic E-state index is 0.102. The monoisotopic (exact) mass is 369 g/mol. The summed E-state index contributed by atoms with van der Waals surface area (Å²) < 4.78 is 0. The lowest BCUT2D eigenvalue weighted by atomic mass is 10.1. The average Bonchev–Trinajstić information content (AvgIpc) is 3.37. The van der Waals surface area contributed by atoms with Crippen LogP contribution in [-0.4, -0.2) is 47.8 Å². The van der Waals surface area contributed by atoms with Crippen LogP contribution in [0.25, 0.3) is 0 Å². The van der Waals surface area contributed by atoms with E-state index in [1.165, 1.54) is 10.4 Å². The van der Waals surface area contributed by atoms with Gasteiger partial charge in [-0.15, -0.1) is 11.3 Å². The number of anilines is 1. The third-order valence-electron chi connectivity index (χ3n) is 5.13. The summed E-state index contributed by atoms with van der Waals surface area (Å²) in [6.45, 7) is 3.49. The van der Waals surface area contributed by atoms with Crippen LogP contribution in [-0.2, 0) is 17.8 Å². The molecule has 1 aromatic heterocycles. The molecule has 1 aromatic carbocycles. The second kappa shape index (κ2) is 7.50. The summed E-state index contributed by atoms with van der Waals surface area (Å²) in [6, 6.07) is 9.55. The molecule has 3 heterocycles. The van der Waals surface area contributed by atoms with Gasteiger partial charge in [0.15, 0.2) is 0 Å². The molecule has 0 bridgehead atoms. The fourth-order valence-electron chi connectivity index (χ4n) is 3.58. The third-order valence-corrected chi connectivity index (χ3v) is 6.15. The Balaban J connectivity index is 1.30. The summed E-state index contributed by atoms with van der Waals surface area (Å²) in [5, 5.41) is 5.28. The summed E-state index contributed by atoms with van der Waals surface area (Å²) in [5.41, 5.74) is 2.86. The molecule has 136 valence electrons. The highest BCUT2D eigenvalue weighted by molar-refractivity contribution is 7.10. The highest BCUT2D eigenvalue weighted by Gasteiger charge is 2.21. The number of thiophene rings is 1. The molecule has 2 aromatic rings. The van der Waals surface area contributed by atoms with Crippen LogP contribution in [0.1, 0.15) is 33.6 Å². The van der Waals surface area contributed by atoms with Gasteiger partial charge in [0, 0.05) is 42.3 Å². The summed E-state index contributed by atoms with van der Waals surface area (Å²) in [4.78, 5) is 30.0. The smallest absolute Gasteiger partial charge is 0.253 e. The molecule has 0 radical (unpaired) electrons. The maximum absolute atomic E-state index is 12.5. The van der Waals surface area contributed by atoms with Gasteiger partial charge < -0.3 is 15.1 Å². The molecule has 0 atom stereocenters. The predicted octanol–water partition coefficient (Wildman–Crippen LogP) is 2.98. The van der Waals surface area contributed by atoms with E-state index in [-0.39, 0.29) is 18.4 Å². The Morgan fingerprint density at radius 3 is 2.54 bits per heavy atom. The van der Waals surface area contributed by atoms with Crippen molar-refractivity contribution in [1.82, 2.24) is 9.80 Å². The van der Waals surface area contributed by atoms with E-state index in [4.69, 9.17) is 0 Å². The fraction of sp³-hybridized carbons (Fsp3) is 0.400. The number of nitrogens with zero attached hydrogens (tertiary/aromatic N) is 2. The zero-order chi connectivity index (χ0) is 17.9. The van der Waals surface area contributed by atoms with Gasteiger partial charge in [-0.1, -0.05) is 0 Å². The topological polar surface area (TPSA) is 52.7 Å². The lowest BCUT2D eigenvalue weighted by molar-refractivity contribution is -0.130. The molecule has 2 amide bonds. The Bertz CT molecular complexity index is 794. The van der Waals surface area contributed by atoms with Crippen LogP contribution in [0.4, 0.5) is 5.69 Å². The van der Waals surface area contributed by atoms with Crippen molar-refractivity contribution in [3.8, 4) is 0 Å². The van der Waals surface area contributed by atoms with Crippen molar-refractivity contribution in [1.29, 1.82) is 0 Å². The van der Waals surface area contributed by atoms with Crippen LogP contribution in [0.5, 0.6) is 0 Å². The van der Waals surface area contributed by atoms with E-state index in [1.54, 1.807) is 11.3 Å². The van der Waals surface area contributed by atoms with E-state index in [0.29, 0.717) is 12.1 Å². The second-order valence-electron chi connectivity index (χ2n) is 6.86. The standard InChI is InChI=1S/C20H23N3O2S/c24-19(23-11-7-18-16(14-23)8-12-26-18)13-21-17-5-3-15(4-6-17)20(25)22-9-1-2-10-22/h3-6,8,12,21H,1-2,7,9-11,13-14H2. The van der Waals surface area contributed by atoms with Gasteiger partial charge in [0.05, 0.1) is 6.54 Å². The second-order valence-corrected chi connectivity index (χ2v) is 7.87. The van der Waals surface area contributed by atoms with E-state index in [0.717, 1.165) is 44.6 Å². The van der Waals surface area contributed by atoms with Gasteiger partial charge in [0.2, 0.25) is 5.91 Å². The van der Waals surface area contributed by atoms with E-state index in [1.807, 2.05) is 34.1 Å². The fourth-order valence-corrected chi connectivity index (χ4v) is 4.47. The maximum atomic E-state index is 12.5. The SMILES string of the molecule is O=C(CNc1ccc(C(=O)N2CCCC2)cc1)N1CCc2sccc2C1. The number of likely N-dealkylation sites (tertiary alicyclic amines) is 1. The summed E-state index contributed by atoms with van der Waals surface area (Å²) in [6.07, 6.45) is 3.14. The molecule has 1 N–H and O–H groups in total. The lowest BCUT2D eigenvalue weighted by Crippen LogP contribution is -2.38. The Morgan fingerprint density at radius 1 is 1.00 bits per heavy atom. The summed E-state index contributed by atoms with van der Waals surface area (Å²) >= 11 is 1.78. The highest BCUT2D eigenvalue weighted by atomic mass is 32.1. The Kier molecular flexibility index (Phi) is 4.93. The van der Waals surface area contributed by atoms with Crippen molar-refractivity contribution in [3.05, 3.63) is 51.7 Å². The van der Waals surface area contributed by atoms with Crippen molar-refractivity contribution < 1.29 is 9.59 Å². The lowest BCUT2D eigenvalue weighted by Gasteiger charge is -2.27. The van der Waals surface area contributed by atoms with Gasteiger partial charge >= 0.3 is 0 Å². The molecular formula is C20H23N3O2S. The van der Waals surface area contributed by atoms with Crippen LogP contribution in [0, 0.1) is 0 Å². The number of hydrogen-bond donors (Lipinski definition) is 1. The number of benzene rings is 1. The van der Waals surface area contributed by atoms with Gasteiger partial charge in [0.1, 0.15) is 0 Å². The van der Waals surface area contributed by atoms with E-state index in [2.05, 4.69) is 16.8 Å². The molecular weight excluding hydrogens is 346 g/mol. The van der Waals surface area contributed by atoms with Crippen molar-refractivity contribution in [3.63, 3.8) is 0 Å². The number of carbonyl (C=O) groups is 2. The zero-order valence-corrected chi connectivity index (χ0v) is 15.6. The third kappa shape index (κ3) is 3.60. The van der Waals surface area contributed by atoms with Gasteiger partial charge in [-0.3, -0.25) is 9.59 Å². The first-order valence-electron chi connectivity index (χ1n) is 9.17. The molecule has 6 heteroatoms. The van der Waals surface area contributed by atoms with Crippen LogP contribution in [0.2, 0.25) is 0 Å². The number of amides is 2. The Morgan fingerprint density at radius 2 is 1.77 bits per heavy atom. The van der Waals surface area contributed by atoms with E-state index >= 15 is 0 Å². The van der Waals surface area contributed by atoms with Crippen LogP contribution in [0.15, 0.2) is 35.7 Å². The van der Waals surface area contributed by atoms with Crippen LogP contribution >= 0.6 is 11.3 Å². The predicted molar refractivity (Wildman–Crippen MR) is 104 cm³/mol. The molecule has 1 saturated heterocycles. The molecule has 0 saturated carbocycles. The first-order valence-corrected chi connectivity index (χ1v) is 10.0. The first-order chi connectivity index (χ1) is 12.7. The summed E-state index contributed by atoms with van der Waals surface area (Å²) in [7, 11) is 0. The number of hydrogen-bond acceptors (Lipinski definition) is 4. The van der Waals surface area contributed by atoms with Gasteiger partial charge in [-0.2, -0.15) is 0 Å². The molecule has 5 nitrogen and oxygen atoms in total. The van der Waals surface area contributed by atoms with Crippen LogP contribution < -0.4 is 5.32 Å². The molecule has 0 unspecified atom stereocenters. The Labute approximate surface area is 157 Å². The van der Waals surface area contributed by atoms with Crippen molar-refractivity contribution in [2.45, 2.75) is 25.8 Å².